The second-order valence-electron chi connectivity index (χ2n) is 4.60. The zero-order valence-corrected chi connectivity index (χ0v) is 12.9. The molecule has 0 radical (unpaired) electrons. The van der Waals surface area contributed by atoms with Crippen molar-refractivity contribution in [3.05, 3.63) is 62.8 Å². The van der Waals surface area contributed by atoms with Crippen LogP contribution in [0.4, 0.5) is 10.1 Å². The van der Waals surface area contributed by atoms with Crippen LogP contribution in [0.15, 0.2) is 40.9 Å². The molecule has 6 heteroatoms. The predicted octanol–water partition coefficient (Wildman–Crippen LogP) is 3.97. The van der Waals surface area contributed by atoms with Gasteiger partial charge in [0, 0.05) is 9.50 Å². The van der Waals surface area contributed by atoms with Gasteiger partial charge in [-0.05, 0) is 39.7 Å². The van der Waals surface area contributed by atoms with E-state index in [1.807, 2.05) is 0 Å². The van der Waals surface area contributed by atoms with E-state index in [1.54, 1.807) is 24.3 Å². The van der Waals surface area contributed by atoms with Crippen molar-refractivity contribution in [2.75, 3.05) is 4.90 Å². The molecule has 1 amide bonds. The highest BCUT2D eigenvalue weighted by molar-refractivity contribution is 9.10. The van der Waals surface area contributed by atoms with E-state index < -0.39 is 17.5 Å². The third-order valence-electron chi connectivity index (χ3n) is 3.27. The van der Waals surface area contributed by atoms with Gasteiger partial charge in [-0.25, -0.2) is 4.39 Å². The van der Waals surface area contributed by atoms with Crippen molar-refractivity contribution >= 4 is 44.9 Å². The highest BCUT2D eigenvalue weighted by Crippen LogP contribution is 2.38. The smallest absolute Gasteiger partial charge is 0.299 e. The maximum atomic E-state index is 13.4. The van der Waals surface area contributed by atoms with Crippen molar-refractivity contribution in [1.29, 1.82) is 0 Å². The van der Waals surface area contributed by atoms with Crippen molar-refractivity contribution in [3.8, 4) is 0 Å². The highest BCUT2D eigenvalue weighted by atomic mass is 79.9. The largest absolute Gasteiger partial charge is 0.299 e. The molecule has 0 unspecified atom stereocenters. The number of hydrogen-bond acceptors (Lipinski definition) is 2. The third kappa shape index (κ3) is 2.36. The molecular weight excluding hydrogens is 361 g/mol. The number of ketones is 1. The maximum Gasteiger partial charge on any atom is 0.299 e. The summed E-state index contributed by atoms with van der Waals surface area (Å²) in [6.45, 7) is 0.154. The van der Waals surface area contributed by atoms with Crippen LogP contribution in [0, 0.1) is 5.82 Å². The van der Waals surface area contributed by atoms with E-state index in [0.29, 0.717) is 20.7 Å². The first kappa shape index (κ1) is 14.2. The van der Waals surface area contributed by atoms with Crippen molar-refractivity contribution in [2.24, 2.45) is 0 Å². The van der Waals surface area contributed by atoms with Gasteiger partial charge in [-0.3, -0.25) is 14.5 Å². The van der Waals surface area contributed by atoms with E-state index in [1.165, 1.54) is 11.0 Å². The van der Waals surface area contributed by atoms with E-state index in [4.69, 9.17) is 11.6 Å². The lowest BCUT2D eigenvalue weighted by Gasteiger charge is -2.18. The molecule has 21 heavy (non-hydrogen) atoms. The Morgan fingerprint density at radius 1 is 1.19 bits per heavy atom. The Hall–Kier alpha value is -1.72. The summed E-state index contributed by atoms with van der Waals surface area (Å²) >= 11 is 9.29. The molecule has 0 saturated heterocycles. The van der Waals surface area contributed by atoms with Crippen LogP contribution in [0.3, 0.4) is 0 Å². The molecule has 0 atom stereocenters. The number of rotatable bonds is 2. The first-order chi connectivity index (χ1) is 9.99. The zero-order chi connectivity index (χ0) is 15.1. The molecule has 0 aliphatic carbocycles. The van der Waals surface area contributed by atoms with Gasteiger partial charge in [0.1, 0.15) is 5.82 Å². The molecule has 3 nitrogen and oxygen atoms in total. The number of carbonyl (C=O) groups excluding carboxylic acids is 2. The Balaban J connectivity index is 2.08. The summed E-state index contributed by atoms with van der Waals surface area (Å²) in [5.41, 5.74) is 1.16. The summed E-state index contributed by atoms with van der Waals surface area (Å²) in [5, 5.41) is 0.504. The van der Waals surface area contributed by atoms with E-state index in [0.717, 1.165) is 6.07 Å². The van der Waals surface area contributed by atoms with Crippen molar-refractivity contribution in [3.63, 3.8) is 0 Å². The lowest BCUT2D eigenvalue weighted by Crippen LogP contribution is -2.29. The number of amides is 1. The van der Waals surface area contributed by atoms with Crippen molar-refractivity contribution < 1.29 is 14.0 Å². The van der Waals surface area contributed by atoms with Gasteiger partial charge >= 0.3 is 0 Å². The second kappa shape index (κ2) is 5.24. The molecule has 0 aromatic heterocycles. The van der Waals surface area contributed by atoms with Crippen LogP contribution in [0.1, 0.15) is 15.9 Å². The SMILES string of the molecule is O=C1C(=O)N(Cc2ccccc2Cl)c2c(Br)cc(F)cc21. The average molecular weight is 369 g/mol. The van der Waals surface area contributed by atoms with Crippen LogP contribution in [-0.4, -0.2) is 11.7 Å². The first-order valence-electron chi connectivity index (χ1n) is 6.07. The Bertz CT molecular complexity index is 778. The number of Topliss-reactive ketones (excluding diaryl/α,β-unsaturated/α-hetero) is 1. The molecule has 0 saturated carbocycles. The molecule has 0 spiro atoms. The topological polar surface area (TPSA) is 37.4 Å². The van der Waals surface area contributed by atoms with Crippen LogP contribution in [0.25, 0.3) is 0 Å². The molecule has 1 aliphatic heterocycles. The van der Waals surface area contributed by atoms with Crippen molar-refractivity contribution in [2.45, 2.75) is 6.54 Å². The minimum atomic E-state index is -0.711. The van der Waals surface area contributed by atoms with E-state index in [2.05, 4.69) is 15.9 Å². The number of nitrogens with zero attached hydrogens (tertiary/aromatic N) is 1. The van der Waals surface area contributed by atoms with Gasteiger partial charge in [0.15, 0.2) is 0 Å². The summed E-state index contributed by atoms with van der Waals surface area (Å²) in [5.74, 6) is -1.96. The molecule has 0 fully saturated rings. The number of carbonyl (C=O) groups is 2. The van der Waals surface area contributed by atoms with Gasteiger partial charge in [-0.2, -0.15) is 0 Å². The highest BCUT2D eigenvalue weighted by Gasteiger charge is 2.38. The monoisotopic (exact) mass is 367 g/mol. The number of anilines is 1. The molecule has 2 aromatic carbocycles. The van der Waals surface area contributed by atoms with E-state index >= 15 is 0 Å². The summed E-state index contributed by atoms with van der Waals surface area (Å²) in [7, 11) is 0. The zero-order valence-electron chi connectivity index (χ0n) is 10.6. The summed E-state index contributed by atoms with van der Waals surface area (Å²) in [4.78, 5) is 25.4. The third-order valence-corrected chi connectivity index (χ3v) is 4.24. The Kier molecular flexibility index (Phi) is 3.55. The Labute approximate surface area is 133 Å². The molecule has 0 bridgehead atoms. The van der Waals surface area contributed by atoms with E-state index in [9.17, 15) is 14.0 Å². The van der Waals surface area contributed by atoms with Crippen LogP contribution >= 0.6 is 27.5 Å². The van der Waals surface area contributed by atoms with Gasteiger partial charge in [0.05, 0.1) is 17.8 Å². The fourth-order valence-electron chi connectivity index (χ4n) is 2.30. The van der Waals surface area contributed by atoms with Crippen LogP contribution in [0.2, 0.25) is 5.02 Å². The van der Waals surface area contributed by atoms with Crippen molar-refractivity contribution in [1.82, 2.24) is 0 Å². The summed E-state index contributed by atoms with van der Waals surface area (Å²) < 4.78 is 13.8. The van der Waals surface area contributed by atoms with Crippen LogP contribution < -0.4 is 4.90 Å². The number of fused-ring (bicyclic) bond motifs is 1. The number of benzene rings is 2. The molecule has 1 heterocycles. The molecule has 1 aliphatic rings. The quantitative estimate of drug-likeness (QED) is 0.752. The average Bonchev–Trinajstić information content (AvgIpc) is 2.67. The predicted molar refractivity (Wildman–Crippen MR) is 81.1 cm³/mol. The Morgan fingerprint density at radius 3 is 2.62 bits per heavy atom. The van der Waals surface area contributed by atoms with Gasteiger partial charge in [0.25, 0.3) is 11.7 Å². The standard InChI is InChI=1S/C15H8BrClFNO2/c16-11-6-9(18)5-10-13(11)19(15(21)14(10)20)7-8-3-1-2-4-12(8)17/h1-6H,7H2. The number of halogens is 3. The maximum absolute atomic E-state index is 13.4. The molecule has 0 N–H and O–H groups in total. The summed E-state index contributed by atoms with van der Waals surface area (Å²) in [6.07, 6.45) is 0. The van der Waals surface area contributed by atoms with Crippen LogP contribution in [0.5, 0.6) is 0 Å². The lowest BCUT2D eigenvalue weighted by atomic mass is 10.1. The number of hydrogen-bond donors (Lipinski definition) is 0. The van der Waals surface area contributed by atoms with Gasteiger partial charge < -0.3 is 0 Å². The first-order valence-corrected chi connectivity index (χ1v) is 7.25. The molecule has 3 rings (SSSR count). The van der Waals surface area contributed by atoms with Gasteiger partial charge in [-0.15, -0.1) is 0 Å². The van der Waals surface area contributed by atoms with Crippen LogP contribution in [-0.2, 0) is 11.3 Å². The van der Waals surface area contributed by atoms with Gasteiger partial charge in [-0.1, -0.05) is 29.8 Å². The fourth-order valence-corrected chi connectivity index (χ4v) is 3.14. The molecule has 2 aromatic rings. The minimum absolute atomic E-state index is 0.0685. The normalized spacial score (nSPS) is 13.8. The van der Waals surface area contributed by atoms with E-state index in [-0.39, 0.29) is 12.1 Å². The van der Waals surface area contributed by atoms with Gasteiger partial charge in [0.2, 0.25) is 0 Å². The Morgan fingerprint density at radius 2 is 1.90 bits per heavy atom. The molecule has 106 valence electrons. The molecular formula is C15H8BrClFNO2. The minimum Gasteiger partial charge on any atom is -0.299 e. The lowest BCUT2D eigenvalue weighted by molar-refractivity contribution is -0.114. The summed E-state index contributed by atoms with van der Waals surface area (Å²) in [6, 6.07) is 9.36. The fraction of sp³-hybridized carbons (Fsp3) is 0.0667. The second-order valence-corrected chi connectivity index (χ2v) is 5.86.